The average Bonchev–Trinajstić information content (AvgIpc) is 2.78. The molecule has 32 heavy (non-hydrogen) atoms. The summed E-state index contributed by atoms with van der Waals surface area (Å²) in [7, 11) is 1.95. The van der Waals surface area contributed by atoms with Crippen molar-refractivity contribution in [3.8, 4) is 12.3 Å². The quantitative estimate of drug-likeness (QED) is 0.269. The van der Waals surface area contributed by atoms with Crippen LogP contribution in [0.4, 0.5) is 11.4 Å². The van der Waals surface area contributed by atoms with Gasteiger partial charge >= 0.3 is 5.97 Å². The van der Waals surface area contributed by atoms with Crippen LogP contribution in [-0.4, -0.2) is 13.0 Å². The maximum atomic E-state index is 12.7. The van der Waals surface area contributed by atoms with Crippen molar-refractivity contribution in [3.63, 3.8) is 0 Å². The van der Waals surface area contributed by atoms with Crippen molar-refractivity contribution in [1.82, 2.24) is 0 Å². The molecule has 0 saturated carbocycles. The molecule has 0 aromatic heterocycles. The van der Waals surface area contributed by atoms with E-state index in [2.05, 4.69) is 19.8 Å². The summed E-state index contributed by atoms with van der Waals surface area (Å²) >= 11 is 12.1. The lowest BCUT2D eigenvalue weighted by molar-refractivity contribution is -0.146. The first-order chi connectivity index (χ1) is 15.3. The molecule has 3 aromatic carbocycles. The van der Waals surface area contributed by atoms with Gasteiger partial charge in [-0.3, -0.25) is 4.79 Å². The topological polar surface area (TPSA) is 29.5 Å². The lowest BCUT2D eigenvalue weighted by Gasteiger charge is -2.21. The second-order valence-electron chi connectivity index (χ2n) is 7.84. The van der Waals surface area contributed by atoms with E-state index in [1.807, 2.05) is 72.6 Å². The molecule has 0 aliphatic heterocycles. The zero-order valence-electron chi connectivity index (χ0n) is 18.3. The summed E-state index contributed by atoms with van der Waals surface area (Å²) < 4.78 is 5.67. The van der Waals surface area contributed by atoms with Crippen LogP contribution >= 0.6 is 23.2 Å². The van der Waals surface area contributed by atoms with Crippen LogP contribution in [0, 0.1) is 12.3 Å². The van der Waals surface area contributed by atoms with Crippen LogP contribution in [-0.2, 0) is 16.0 Å². The molecular weight excluding hydrogens is 441 g/mol. The van der Waals surface area contributed by atoms with Gasteiger partial charge in [0.15, 0.2) is 6.10 Å². The number of ether oxygens (including phenoxy) is 1. The molecule has 1 unspecified atom stereocenters. The van der Waals surface area contributed by atoms with Crippen molar-refractivity contribution in [3.05, 3.63) is 93.5 Å². The third-order valence-electron chi connectivity index (χ3n) is 5.24. The molecule has 0 saturated heterocycles. The maximum Gasteiger partial charge on any atom is 0.311 e. The Kier molecular flexibility index (Phi) is 7.85. The van der Waals surface area contributed by atoms with Crippen molar-refractivity contribution in [2.24, 2.45) is 0 Å². The molecule has 0 aliphatic carbocycles. The van der Waals surface area contributed by atoms with Gasteiger partial charge in [0.25, 0.3) is 0 Å². The molecule has 0 amide bonds. The van der Waals surface area contributed by atoms with E-state index >= 15 is 0 Å². The summed E-state index contributed by atoms with van der Waals surface area (Å²) in [5.74, 6) is 2.45. The highest BCUT2D eigenvalue weighted by atomic mass is 35.5. The largest absolute Gasteiger partial charge is 0.444 e. The number of carbonyl (C=O) groups is 1. The van der Waals surface area contributed by atoms with Gasteiger partial charge in [-0.05, 0) is 65.6 Å². The summed E-state index contributed by atoms with van der Waals surface area (Å²) in [6.07, 6.45) is 5.08. The first-order valence-corrected chi connectivity index (χ1v) is 11.1. The Hall–Kier alpha value is -2.93. The summed E-state index contributed by atoms with van der Waals surface area (Å²) in [4.78, 5) is 14.7. The van der Waals surface area contributed by atoms with Gasteiger partial charge in [0, 0.05) is 34.0 Å². The number of halogens is 2. The second-order valence-corrected chi connectivity index (χ2v) is 8.71. The van der Waals surface area contributed by atoms with Crippen LogP contribution in [0.25, 0.3) is 0 Å². The number of benzene rings is 3. The van der Waals surface area contributed by atoms with Crippen molar-refractivity contribution >= 4 is 40.5 Å². The first-order valence-electron chi connectivity index (χ1n) is 10.3. The zero-order valence-corrected chi connectivity index (χ0v) is 19.8. The molecule has 3 nitrogen and oxygen atoms in total. The number of hydrogen-bond donors (Lipinski definition) is 0. The third kappa shape index (κ3) is 5.85. The standard InChI is InChI=1S/C27H25Cl2NO2/c1-5-26(32-27(31)16-19-9-10-22(29)17-25(19)18(2)3)20-7-6-8-24(15-20)30(4)23-13-11-21(28)12-14-23/h1,6-15,17-18,26H,16H2,2-4H3. The van der Waals surface area contributed by atoms with Crippen LogP contribution < -0.4 is 4.90 Å². The predicted octanol–water partition coefficient (Wildman–Crippen LogP) is 7.34. The Morgan fingerprint density at radius 3 is 2.34 bits per heavy atom. The molecule has 5 heteroatoms. The van der Waals surface area contributed by atoms with E-state index in [-0.39, 0.29) is 18.3 Å². The molecule has 0 N–H and O–H groups in total. The van der Waals surface area contributed by atoms with E-state index in [1.54, 1.807) is 6.07 Å². The molecule has 164 valence electrons. The normalized spacial score (nSPS) is 11.7. The SMILES string of the molecule is C#CC(OC(=O)Cc1ccc(Cl)cc1C(C)C)c1cccc(N(C)c2ccc(Cl)cc2)c1. The van der Waals surface area contributed by atoms with E-state index < -0.39 is 6.10 Å². The van der Waals surface area contributed by atoms with Crippen molar-refractivity contribution in [2.45, 2.75) is 32.3 Å². The maximum absolute atomic E-state index is 12.7. The van der Waals surface area contributed by atoms with Crippen LogP contribution in [0.1, 0.15) is 42.6 Å². The third-order valence-corrected chi connectivity index (χ3v) is 5.73. The van der Waals surface area contributed by atoms with Crippen LogP contribution in [0.2, 0.25) is 10.0 Å². The first kappa shape index (κ1) is 23.7. The summed E-state index contributed by atoms with van der Waals surface area (Å²) in [5.41, 5.74) is 4.55. The summed E-state index contributed by atoms with van der Waals surface area (Å²) in [6, 6.07) is 20.7. The van der Waals surface area contributed by atoms with Crippen molar-refractivity contribution in [1.29, 1.82) is 0 Å². The average molecular weight is 466 g/mol. The minimum atomic E-state index is -0.782. The fourth-order valence-corrected chi connectivity index (χ4v) is 3.81. The Morgan fingerprint density at radius 1 is 1.00 bits per heavy atom. The van der Waals surface area contributed by atoms with Gasteiger partial charge in [0.2, 0.25) is 0 Å². The van der Waals surface area contributed by atoms with Gasteiger partial charge < -0.3 is 9.64 Å². The molecule has 1 atom stereocenters. The fraction of sp³-hybridized carbons (Fsp3) is 0.222. The van der Waals surface area contributed by atoms with Gasteiger partial charge in [-0.15, -0.1) is 6.42 Å². The molecule has 0 heterocycles. The minimum Gasteiger partial charge on any atom is -0.444 e. The van der Waals surface area contributed by atoms with Crippen LogP contribution in [0.5, 0.6) is 0 Å². The lowest BCUT2D eigenvalue weighted by Crippen LogP contribution is -2.15. The van der Waals surface area contributed by atoms with E-state index in [0.717, 1.165) is 28.1 Å². The van der Waals surface area contributed by atoms with Gasteiger partial charge in [0.05, 0.1) is 6.42 Å². The molecule has 0 aliphatic rings. The number of esters is 1. The van der Waals surface area contributed by atoms with Gasteiger partial charge in [-0.25, -0.2) is 0 Å². The van der Waals surface area contributed by atoms with E-state index in [0.29, 0.717) is 10.0 Å². The highest BCUT2D eigenvalue weighted by Crippen LogP contribution is 2.29. The fourth-order valence-electron chi connectivity index (χ4n) is 3.50. The lowest BCUT2D eigenvalue weighted by atomic mass is 9.95. The molecular formula is C27H25Cl2NO2. The Bertz CT molecular complexity index is 1130. The van der Waals surface area contributed by atoms with E-state index in [4.69, 9.17) is 34.4 Å². The summed E-state index contributed by atoms with van der Waals surface area (Å²) in [6.45, 7) is 4.13. The van der Waals surface area contributed by atoms with Crippen molar-refractivity contribution in [2.75, 3.05) is 11.9 Å². The monoisotopic (exact) mass is 465 g/mol. The number of anilines is 2. The smallest absolute Gasteiger partial charge is 0.311 e. The van der Waals surface area contributed by atoms with E-state index in [9.17, 15) is 4.79 Å². The molecule has 3 rings (SSSR count). The number of terminal acetylenes is 1. The van der Waals surface area contributed by atoms with Gasteiger partial charge in [0.1, 0.15) is 0 Å². The molecule has 0 fully saturated rings. The Labute approximate surface area is 199 Å². The number of hydrogen-bond acceptors (Lipinski definition) is 3. The highest BCUT2D eigenvalue weighted by Gasteiger charge is 2.18. The number of rotatable bonds is 7. The Morgan fingerprint density at radius 2 is 1.69 bits per heavy atom. The zero-order chi connectivity index (χ0) is 23.3. The van der Waals surface area contributed by atoms with Crippen LogP contribution in [0.3, 0.4) is 0 Å². The molecule has 0 bridgehead atoms. The van der Waals surface area contributed by atoms with E-state index in [1.165, 1.54) is 0 Å². The molecule has 0 radical (unpaired) electrons. The highest BCUT2D eigenvalue weighted by molar-refractivity contribution is 6.30. The predicted molar refractivity (Wildman–Crippen MR) is 133 cm³/mol. The van der Waals surface area contributed by atoms with Gasteiger partial charge in [-0.2, -0.15) is 0 Å². The Balaban J connectivity index is 1.76. The summed E-state index contributed by atoms with van der Waals surface area (Å²) in [5, 5.41) is 1.32. The molecule has 0 spiro atoms. The second kappa shape index (κ2) is 10.6. The van der Waals surface area contributed by atoms with Crippen molar-refractivity contribution < 1.29 is 9.53 Å². The number of nitrogens with zero attached hydrogens (tertiary/aromatic N) is 1. The number of carbonyl (C=O) groups excluding carboxylic acids is 1. The van der Waals surface area contributed by atoms with Crippen LogP contribution in [0.15, 0.2) is 66.7 Å². The minimum absolute atomic E-state index is 0.132. The van der Waals surface area contributed by atoms with Gasteiger partial charge in [-0.1, -0.05) is 61.2 Å². The molecule has 3 aromatic rings.